The topological polar surface area (TPSA) is 34.1 Å². The summed E-state index contributed by atoms with van der Waals surface area (Å²) in [6, 6.07) is 5.09. The first-order chi connectivity index (χ1) is 11.0. The van der Waals surface area contributed by atoms with E-state index in [2.05, 4.69) is 10.3 Å². The number of nitrogens with one attached hydrogen (secondary N) is 1. The van der Waals surface area contributed by atoms with Gasteiger partial charge in [-0.05, 0) is 25.1 Å². The SMILES string of the molecule is Clc1cncc([C@@H](Oc2cc(Cl)c(Cl)cc2Cl)C2CCNC2)c1. The smallest absolute Gasteiger partial charge is 0.140 e. The lowest BCUT2D eigenvalue weighted by Crippen LogP contribution is -2.21. The summed E-state index contributed by atoms with van der Waals surface area (Å²) in [6.45, 7) is 1.81. The molecular formula is C16H14Cl4N2O. The van der Waals surface area contributed by atoms with E-state index in [0.29, 0.717) is 31.8 Å². The summed E-state index contributed by atoms with van der Waals surface area (Å²) in [4.78, 5) is 4.16. The Morgan fingerprint density at radius 1 is 1.04 bits per heavy atom. The molecule has 1 aromatic carbocycles. The van der Waals surface area contributed by atoms with Gasteiger partial charge in [-0.2, -0.15) is 0 Å². The molecule has 1 saturated heterocycles. The number of hydrogen-bond donors (Lipinski definition) is 1. The monoisotopic (exact) mass is 390 g/mol. The molecule has 3 rings (SSSR count). The molecule has 3 nitrogen and oxygen atoms in total. The molecule has 23 heavy (non-hydrogen) atoms. The number of nitrogens with zero attached hydrogens (tertiary/aromatic N) is 1. The number of ether oxygens (including phenoxy) is 1. The van der Waals surface area contributed by atoms with Crippen LogP contribution >= 0.6 is 46.4 Å². The van der Waals surface area contributed by atoms with Gasteiger partial charge in [0.15, 0.2) is 0 Å². The molecular weight excluding hydrogens is 378 g/mol. The number of rotatable bonds is 4. The zero-order chi connectivity index (χ0) is 16.4. The first-order valence-corrected chi connectivity index (χ1v) is 8.68. The zero-order valence-corrected chi connectivity index (χ0v) is 15.1. The third-order valence-electron chi connectivity index (χ3n) is 3.81. The van der Waals surface area contributed by atoms with Gasteiger partial charge in [-0.3, -0.25) is 4.98 Å². The van der Waals surface area contributed by atoms with E-state index in [0.717, 1.165) is 25.1 Å². The van der Waals surface area contributed by atoms with Crippen molar-refractivity contribution in [3.05, 3.63) is 56.2 Å². The van der Waals surface area contributed by atoms with Crippen molar-refractivity contribution in [2.75, 3.05) is 13.1 Å². The molecule has 1 aliphatic heterocycles. The lowest BCUT2D eigenvalue weighted by atomic mass is 9.96. The van der Waals surface area contributed by atoms with E-state index in [-0.39, 0.29) is 6.10 Å². The molecule has 7 heteroatoms. The van der Waals surface area contributed by atoms with Crippen LogP contribution in [-0.4, -0.2) is 18.1 Å². The van der Waals surface area contributed by atoms with E-state index in [1.54, 1.807) is 24.5 Å². The van der Waals surface area contributed by atoms with E-state index in [1.165, 1.54) is 0 Å². The summed E-state index contributed by atoms with van der Waals surface area (Å²) < 4.78 is 6.19. The van der Waals surface area contributed by atoms with Crippen LogP contribution in [0.1, 0.15) is 18.1 Å². The molecule has 2 aromatic rings. The van der Waals surface area contributed by atoms with E-state index in [1.807, 2.05) is 6.07 Å². The summed E-state index contributed by atoms with van der Waals surface area (Å²) >= 11 is 24.4. The third-order valence-corrected chi connectivity index (χ3v) is 5.03. The molecule has 0 radical (unpaired) electrons. The van der Waals surface area contributed by atoms with Crippen LogP contribution in [0, 0.1) is 5.92 Å². The fraction of sp³-hybridized carbons (Fsp3) is 0.312. The zero-order valence-electron chi connectivity index (χ0n) is 12.0. The molecule has 1 aliphatic rings. The molecule has 0 bridgehead atoms. The second-order valence-corrected chi connectivity index (χ2v) is 7.08. The molecule has 2 heterocycles. The van der Waals surface area contributed by atoms with Crippen molar-refractivity contribution in [2.45, 2.75) is 12.5 Å². The Morgan fingerprint density at radius 3 is 2.52 bits per heavy atom. The van der Waals surface area contributed by atoms with Gasteiger partial charge in [0.1, 0.15) is 11.9 Å². The van der Waals surface area contributed by atoms with Gasteiger partial charge in [-0.25, -0.2) is 0 Å². The van der Waals surface area contributed by atoms with Gasteiger partial charge in [-0.15, -0.1) is 0 Å². The number of halogens is 4. The van der Waals surface area contributed by atoms with E-state index >= 15 is 0 Å². The van der Waals surface area contributed by atoms with Crippen molar-refractivity contribution in [1.82, 2.24) is 10.3 Å². The summed E-state index contributed by atoms with van der Waals surface area (Å²) in [5, 5.41) is 5.14. The van der Waals surface area contributed by atoms with Gasteiger partial charge in [-0.1, -0.05) is 46.4 Å². The molecule has 0 spiro atoms. The van der Waals surface area contributed by atoms with Gasteiger partial charge in [0, 0.05) is 36.5 Å². The summed E-state index contributed by atoms with van der Waals surface area (Å²) in [6.07, 6.45) is 4.14. The summed E-state index contributed by atoms with van der Waals surface area (Å²) in [7, 11) is 0. The van der Waals surface area contributed by atoms with Crippen LogP contribution in [0.25, 0.3) is 0 Å². The maximum absolute atomic E-state index is 6.25. The maximum atomic E-state index is 6.25. The van der Waals surface area contributed by atoms with Gasteiger partial charge >= 0.3 is 0 Å². The highest BCUT2D eigenvalue weighted by molar-refractivity contribution is 6.43. The van der Waals surface area contributed by atoms with Crippen molar-refractivity contribution < 1.29 is 4.74 Å². The Hall–Kier alpha value is -0.710. The molecule has 0 amide bonds. The Balaban J connectivity index is 1.94. The second-order valence-electron chi connectivity index (χ2n) is 5.42. The van der Waals surface area contributed by atoms with Crippen molar-refractivity contribution in [2.24, 2.45) is 5.92 Å². The van der Waals surface area contributed by atoms with Crippen LogP contribution in [0.4, 0.5) is 0 Å². The molecule has 0 aliphatic carbocycles. The molecule has 1 fully saturated rings. The minimum absolute atomic E-state index is 0.217. The summed E-state index contributed by atoms with van der Waals surface area (Å²) in [5.41, 5.74) is 0.910. The minimum Gasteiger partial charge on any atom is -0.484 e. The Morgan fingerprint density at radius 2 is 1.83 bits per heavy atom. The lowest BCUT2D eigenvalue weighted by Gasteiger charge is -2.25. The minimum atomic E-state index is -0.217. The average Bonchev–Trinajstić information content (AvgIpc) is 3.03. The lowest BCUT2D eigenvalue weighted by molar-refractivity contribution is 0.144. The molecule has 1 N–H and O–H groups in total. The first kappa shape index (κ1) is 17.1. The number of pyridine rings is 1. The van der Waals surface area contributed by atoms with Gasteiger partial charge in [0.2, 0.25) is 0 Å². The normalized spacial score (nSPS) is 18.9. The highest BCUT2D eigenvalue weighted by Gasteiger charge is 2.29. The number of hydrogen-bond acceptors (Lipinski definition) is 3. The predicted octanol–water partition coefficient (Wildman–Crippen LogP) is 5.42. The van der Waals surface area contributed by atoms with E-state index in [9.17, 15) is 0 Å². The Kier molecular flexibility index (Phi) is 5.55. The van der Waals surface area contributed by atoms with Crippen LogP contribution in [0.2, 0.25) is 20.1 Å². The van der Waals surface area contributed by atoms with Gasteiger partial charge in [0.25, 0.3) is 0 Å². The fourth-order valence-electron chi connectivity index (χ4n) is 2.69. The fourth-order valence-corrected chi connectivity index (χ4v) is 3.45. The first-order valence-electron chi connectivity index (χ1n) is 7.17. The predicted molar refractivity (Wildman–Crippen MR) is 95.1 cm³/mol. The Labute approximate surface area is 154 Å². The van der Waals surface area contributed by atoms with Crippen LogP contribution in [0.3, 0.4) is 0 Å². The maximum Gasteiger partial charge on any atom is 0.140 e. The van der Waals surface area contributed by atoms with E-state index < -0.39 is 0 Å². The van der Waals surface area contributed by atoms with E-state index in [4.69, 9.17) is 51.1 Å². The van der Waals surface area contributed by atoms with Gasteiger partial charge < -0.3 is 10.1 Å². The number of aromatic nitrogens is 1. The van der Waals surface area contributed by atoms with Crippen LogP contribution in [0.5, 0.6) is 5.75 Å². The molecule has 1 unspecified atom stereocenters. The van der Waals surface area contributed by atoms with Crippen molar-refractivity contribution >= 4 is 46.4 Å². The standard InChI is InChI=1S/C16H14Cl4N2O/c17-11-3-10(7-22-8-11)16(9-1-2-21-6-9)23-15-5-13(19)12(18)4-14(15)20/h3-5,7-9,16,21H,1-2,6H2/t9?,16-/m0/s1. The van der Waals surface area contributed by atoms with Crippen molar-refractivity contribution in [1.29, 1.82) is 0 Å². The van der Waals surface area contributed by atoms with Crippen LogP contribution in [0.15, 0.2) is 30.6 Å². The quantitative estimate of drug-likeness (QED) is 0.706. The summed E-state index contributed by atoms with van der Waals surface area (Å²) in [5.74, 6) is 0.790. The molecule has 2 atom stereocenters. The Bertz CT molecular complexity index is 704. The highest BCUT2D eigenvalue weighted by atomic mass is 35.5. The molecule has 0 saturated carbocycles. The largest absolute Gasteiger partial charge is 0.484 e. The molecule has 1 aromatic heterocycles. The number of benzene rings is 1. The third kappa shape index (κ3) is 4.04. The van der Waals surface area contributed by atoms with Crippen molar-refractivity contribution in [3.8, 4) is 5.75 Å². The second kappa shape index (κ2) is 7.45. The molecule has 122 valence electrons. The van der Waals surface area contributed by atoms with Gasteiger partial charge in [0.05, 0.1) is 20.1 Å². The average molecular weight is 392 g/mol. The van der Waals surface area contributed by atoms with Crippen molar-refractivity contribution in [3.63, 3.8) is 0 Å². The van der Waals surface area contributed by atoms with Crippen LogP contribution < -0.4 is 10.1 Å². The van der Waals surface area contributed by atoms with Crippen LogP contribution in [-0.2, 0) is 0 Å². The highest BCUT2D eigenvalue weighted by Crippen LogP contribution is 2.39.